The lowest BCUT2D eigenvalue weighted by Gasteiger charge is -2.20. The van der Waals surface area contributed by atoms with Crippen LogP contribution in [0.4, 0.5) is 0 Å². The van der Waals surface area contributed by atoms with Gasteiger partial charge in [0.1, 0.15) is 11.1 Å². The van der Waals surface area contributed by atoms with Gasteiger partial charge in [-0.2, -0.15) is 0 Å². The molecular formula is C22H21NO4S. The molecule has 2 heterocycles. The van der Waals surface area contributed by atoms with Gasteiger partial charge in [-0.25, -0.2) is 9.59 Å². The Hall–Kier alpha value is -2.99. The number of hydrogen-bond acceptors (Lipinski definition) is 6. The Balaban J connectivity index is 2.04. The van der Waals surface area contributed by atoms with Crippen molar-refractivity contribution in [2.24, 2.45) is 4.99 Å². The van der Waals surface area contributed by atoms with Gasteiger partial charge < -0.3 is 9.47 Å². The molecule has 1 aromatic heterocycles. The first-order valence-corrected chi connectivity index (χ1v) is 9.92. The molecule has 0 aliphatic carbocycles. The molecule has 0 fully saturated rings. The van der Waals surface area contributed by atoms with Crippen LogP contribution in [0.1, 0.15) is 19.4 Å². The molecule has 0 radical (unpaired) electrons. The van der Waals surface area contributed by atoms with Gasteiger partial charge in [-0.15, -0.1) is 11.3 Å². The molecule has 6 heteroatoms. The van der Waals surface area contributed by atoms with Crippen molar-refractivity contribution in [3.8, 4) is 10.4 Å². The number of hydrogen-bond donors (Lipinski definition) is 0. The van der Waals surface area contributed by atoms with Crippen LogP contribution in [0.2, 0.25) is 0 Å². The van der Waals surface area contributed by atoms with E-state index in [0.717, 1.165) is 16.0 Å². The maximum atomic E-state index is 12.4. The Morgan fingerprint density at radius 1 is 1.11 bits per heavy atom. The molecule has 144 valence electrons. The third kappa shape index (κ3) is 4.12. The van der Waals surface area contributed by atoms with Crippen molar-refractivity contribution in [1.29, 1.82) is 0 Å². The predicted octanol–water partition coefficient (Wildman–Crippen LogP) is 4.30. The van der Waals surface area contributed by atoms with Gasteiger partial charge in [0, 0.05) is 11.1 Å². The van der Waals surface area contributed by atoms with Gasteiger partial charge in [0.15, 0.2) is 0 Å². The van der Waals surface area contributed by atoms with E-state index < -0.39 is 17.5 Å². The monoisotopic (exact) mass is 395 g/mol. The summed E-state index contributed by atoms with van der Waals surface area (Å²) >= 11 is 1.58. The Morgan fingerprint density at radius 2 is 1.79 bits per heavy atom. The molecule has 1 atom stereocenters. The normalized spacial score (nSPS) is 17.4. The lowest BCUT2D eigenvalue weighted by atomic mass is 9.90. The van der Waals surface area contributed by atoms with E-state index in [0.29, 0.717) is 0 Å². The summed E-state index contributed by atoms with van der Waals surface area (Å²) in [6.07, 6.45) is 6.83. The Morgan fingerprint density at radius 3 is 2.36 bits per heavy atom. The first-order chi connectivity index (χ1) is 13.6. The maximum absolute atomic E-state index is 12.4. The first-order valence-electron chi connectivity index (χ1n) is 9.04. The van der Waals surface area contributed by atoms with E-state index in [9.17, 15) is 9.59 Å². The van der Waals surface area contributed by atoms with E-state index in [1.807, 2.05) is 47.9 Å². The highest BCUT2D eigenvalue weighted by Gasteiger charge is 2.34. The van der Waals surface area contributed by atoms with Crippen LogP contribution in [0.15, 0.2) is 70.6 Å². The van der Waals surface area contributed by atoms with Crippen LogP contribution in [-0.4, -0.2) is 31.4 Å². The molecule has 0 N–H and O–H groups in total. The SMILES string of the molecule is CCOC(=O)C(=CC1(c2csc(-c3ccccc3)c2)C=CC=N1)C(=O)OCC. The minimum Gasteiger partial charge on any atom is -0.462 e. The fourth-order valence-corrected chi connectivity index (χ4v) is 3.86. The summed E-state index contributed by atoms with van der Waals surface area (Å²) in [7, 11) is 0. The third-order valence-electron chi connectivity index (χ3n) is 4.20. The van der Waals surface area contributed by atoms with Gasteiger partial charge in [0.2, 0.25) is 0 Å². The van der Waals surface area contributed by atoms with Crippen molar-refractivity contribution in [3.63, 3.8) is 0 Å². The highest BCUT2D eigenvalue weighted by atomic mass is 32.1. The predicted molar refractivity (Wildman–Crippen MR) is 110 cm³/mol. The zero-order valence-electron chi connectivity index (χ0n) is 15.8. The van der Waals surface area contributed by atoms with Crippen LogP contribution in [0.5, 0.6) is 0 Å². The number of carbonyl (C=O) groups excluding carboxylic acids is 2. The molecule has 0 saturated heterocycles. The van der Waals surface area contributed by atoms with E-state index in [1.165, 1.54) is 6.08 Å². The molecule has 0 saturated carbocycles. The molecule has 0 spiro atoms. The van der Waals surface area contributed by atoms with Crippen LogP contribution in [0.3, 0.4) is 0 Å². The zero-order valence-corrected chi connectivity index (χ0v) is 16.6. The summed E-state index contributed by atoms with van der Waals surface area (Å²) in [5, 5.41) is 1.99. The molecule has 1 aromatic carbocycles. The van der Waals surface area contributed by atoms with Gasteiger partial charge in [0.25, 0.3) is 0 Å². The second kappa shape index (κ2) is 8.80. The average Bonchev–Trinajstić information content (AvgIpc) is 3.38. The summed E-state index contributed by atoms with van der Waals surface area (Å²) in [4.78, 5) is 30.4. The number of esters is 2. The van der Waals surface area contributed by atoms with Gasteiger partial charge >= 0.3 is 11.9 Å². The lowest BCUT2D eigenvalue weighted by Crippen LogP contribution is -2.24. The van der Waals surface area contributed by atoms with Gasteiger partial charge in [-0.05, 0) is 54.6 Å². The van der Waals surface area contributed by atoms with E-state index in [1.54, 1.807) is 37.5 Å². The fourth-order valence-electron chi connectivity index (χ4n) is 2.88. The zero-order chi connectivity index (χ0) is 20.0. The third-order valence-corrected chi connectivity index (χ3v) is 5.18. The highest BCUT2D eigenvalue weighted by Crippen LogP contribution is 2.38. The second-order valence-electron chi connectivity index (χ2n) is 6.03. The van der Waals surface area contributed by atoms with E-state index in [-0.39, 0.29) is 18.8 Å². The summed E-state index contributed by atoms with van der Waals surface area (Å²) < 4.78 is 10.1. The standard InChI is InChI=1S/C22H21NO4S/c1-3-26-20(24)18(21(25)27-4-2)14-22(11-8-12-23-22)17-13-19(28-15-17)16-9-6-5-7-10-16/h5-15H,3-4H2,1-2H3. The molecule has 1 aliphatic heterocycles. The van der Waals surface area contributed by atoms with E-state index >= 15 is 0 Å². The largest absolute Gasteiger partial charge is 0.462 e. The minimum absolute atomic E-state index is 0.153. The Bertz CT molecular complexity index is 908. The number of nitrogens with zero attached hydrogens (tertiary/aromatic N) is 1. The topological polar surface area (TPSA) is 65.0 Å². The van der Waals surface area contributed by atoms with Crippen molar-refractivity contribution in [1.82, 2.24) is 0 Å². The van der Waals surface area contributed by atoms with Gasteiger partial charge in [-0.1, -0.05) is 30.3 Å². The Kier molecular flexibility index (Phi) is 6.21. The highest BCUT2D eigenvalue weighted by molar-refractivity contribution is 7.13. The maximum Gasteiger partial charge on any atom is 0.345 e. The van der Waals surface area contributed by atoms with E-state index in [2.05, 4.69) is 4.99 Å². The smallest absolute Gasteiger partial charge is 0.345 e. The summed E-state index contributed by atoms with van der Waals surface area (Å²) in [5.41, 5.74) is 0.866. The van der Waals surface area contributed by atoms with Crippen molar-refractivity contribution in [2.75, 3.05) is 13.2 Å². The van der Waals surface area contributed by atoms with Crippen LogP contribution in [0, 0.1) is 0 Å². The number of rotatable bonds is 7. The fraction of sp³-hybridized carbons (Fsp3) is 0.227. The Labute approximate surface area is 168 Å². The molecule has 1 aliphatic rings. The van der Waals surface area contributed by atoms with Crippen molar-refractivity contribution in [2.45, 2.75) is 19.4 Å². The van der Waals surface area contributed by atoms with Gasteiger partial charge in [-0.3, -0.25) is 4.99 Å². The van der Waals surface area contributed by atoms with Crippen molar-refractivity contribution >= 4 is 29.5 Å². The molecule has 0 amide bonds. The minimum atomic E-state index is -0.946. The number of allylic oxidation sites excluding steroid dienone is 1. The summed E-state index contributed by atoms with van der Waals surface area (Å²) in [6, 6.07) is 12.0. The molecule has 2 aromatic rings. The number of carbonyl (C=O) groups is 2. The van der Waals surface area contributed by atoms with Crippen LogP contribution < -0.4 is 0 Å². The van der Waals surface area contributed by atoms with Crippen LogP contribution in [-0.2, 0) is 24.6 Å². The first kappa shape index (κ1) is 19.8. The average molecular weight is 395 g/mol. The number of benzene rings is 1. The molecule has 3 rings (SSSR count). The number of aliphatic imine (C=N–C) groups is 1. The second-order valence-corrected chi connectivity index (χ2v) is 6.94. The quantitative estimate of drug-likeness (QED) is 0.303. The van der Waals surface area contributed by atoms with Crippen LogP contribution in [0.25, 0.3) is 10.4 Å². The van der Waals surface area contributed by atoms with E-state index in [4.69, 9.17) is 9.47 Å². The van der Waals surface area contributed by atoms with Gasteiger partial charge in [0.05, 0.1) is 13.2 Å². The molecule has 1 unspecified atom stereocenters. The summed E-state index contributed by atoms with van der Waals surface area (Å²) in [6.45, 7) is 3.71. The lowest BCUT2D eigenvalue weighted by molar-refractivity contribution is -0.146. The van der Waals surface area contributed by atoms with Crippen molar-refractivity contribution in [3.05, 3.63) is 71.1 Å². The van der Waals surface area contributed by atoms with Crippen molar-refractivity contribution < 1.29 is 19.1 Å². The number of ether oxygens (including phenoxy) is 2. The number of thiophene rings is 1. The van der Waals surface area contributed by atoms with Crippen LogP contribution >= 0.6 is 11.3 Å². The molecule has 0 bridgehead atoms. The molecule has 5 nitrogen and oxygen atoms in total. The molecule has 28 heavy (non-hydrogen) atoms. The molecular weight excluding hydrogens is 374 g/mol. The summed E-state index contributed by atoms with van der Waals surface area (Å²) in [5.74, 6) is -1.43.